The Bertz CT molecular complexity index is 1070. The van der Waals surface area contributed by atoms with Crippen molar-refractivity contribution in [3.05, 3.63) is 120 Å². The fraction of sp³-hybridized carbons (Fsp3) is 0.344. The van der Waals surface area contributed by atoms with E-state index in [1.165, 1.54) is 13.2 Å². The number of methoxy groups -OCH3 is 1. The largest absolute Gasteiger partial charge is 0.466 e. The molecule has 3 aromatic rings. The van der Waals surface area contributed by atoms with E-state index in [0.29, 0.717) is 26.4 Å². The normalized spacial score (nSPS) is 13.7. The lowest BCUT2D eigenvalue weighted by Gasteiger charge is -2.29. The van der Waals surface area contributed by atoms with Gasteiger partial charge in [0.15, 0.2) is 0 Å². The predicted molar refractivity (Wildman–Crippen MR) is 148 cm³/mol. The molecule has 0 saturated heterocycles. The average Bonchev–Trinajstić information content (AvgIpc) is 2.99. The van der Waals surface area contributed by atoms with Crippen LogP contribution in [0.4, 0.5) is 0 Å². The van der Waals surface area contributed by atoms with Crippen LogP contribution in [0, 0.1) is 5.92 Å². The van der Waals surface area contributed by atoms with E-state index in [9.17, 15) is 4.79 Å². The van der Waals surface area contributed by atoms with Crippen molar-refractivity contribution in [1.29, 1.82) is 0 Å². The summed E-state index contributed by atoms with van der Waals surface area (Å²) in [4.78, 5) is 11.8. The van der Waals surface area contributed by atoms with Crippen LogP contribution in [0.2, 0.25) is 0 Å². The van der Waals surface area contributed by atoms with Crippen molar-refractivity contribution < 1.29 is 33.2 Å². The van der Waals surface area contributed by atoms with Gasteiger partial charge in [0.1, 0.15) is 13.6 Å². The van der Waals surface area contributed by atoms with Crippen LogP contribution in [0.3, 0.4) is 0 Å². The monoisotopic (exact) mass is 534 g/mol. The minimum Gasteiger partial charge on any atom is -0.466 e. The van der Waals surface area contributed by atoms with Crippen LogP contribution in [0.25, 0.3) is 0 Å². The quantitative estimate of drug-likeness (QED) is 0.0899. The number of esters is 1. The first kappa shape index (κ1) is 30.2. The van der Waals surface area contributed by atoms with Crippen LogP contribution in [-0.2, 0) is 53.0 Å². The van der Waals surface area contributed by atoms with Crippen molar-refractivity contribution in [2.75, 3.05) is 27.3 Å². The summed E-state index contributed by atoms with van der Waals surface area (Å²) in [5.41, 5.74) is 3.17. The van der Waals surface area contributed by atoms with Crippen LogP contribution in [0.5, 0.6) is 0 Å². The van der Waals surface area contributed by atoms with Gasteiger partial charge in [0.05, 0.1) is 45.7 Å². The van der Waals surface area contributed by atoms with E-state index in [1.807, 2.05) is 97.9 Å². The molecule has 0 aliphatic carbocycles. The maximum absolute atomic E-state index is 11.8. The van der Waals surface area contributed by atoms with E-state index in [1.54, 1.807) is 6.08 Å². The lowest BCUT2D eigenvalue weighted by Crippen LogP contribution is -2.37. The lowest BCUT2D eigenvalue weighted by atomic mass is 9.97. The second-order valence-electron chi connectivity index (χ2n) is 8.98. The summed E-state index contributed by atoms with van der Waals surface area (Å²) >= 11 is 0. The summed E-state index contributed by atoms with van der Waals surface area (Å²) < 4.78 is 34.5. The first-order chi connectivity index (χ1) is 19.2. The summed E-state index contributed by atoms with van der Waals surface area (Å²) in [7, 11) is 1.34. The number of hydrogen-bond acceptors (Lipinski definition) is 7. The topological polar surface area (TPSA) is 72.5 Å². The van der Waals surface area contributed by atoms with Gasteiger partial charge in [-0.1, -0.05) is 97.9 Å². The molecule has 0 spiro atoms. The predicted octanol–water partition coefficient (Wildman–Crippen LogP) is 5.69. The Morgan fingerprint density at radius 3 is 1.64 bits per heavy atom. The second kappa shape index (κ2) is 18.0. The number of carbonyl (C=O) groups excluding carboxylic acids is 1. The smallest absolute Gasteiger partial charge is 0.330 e. The van der Waals surface area contributed by atoms with Crippen LogP contribution in [0.1, 0.15) is 23.6 Å². The average molecular weight is 535 g/mol. The molecule has 3 rings (SSSR count). The third-order valence-electron chi connectivity index (χ3n) is 6.05. The van der Waals surface area contributed by atoms with Gasteiger partial charge >= 0.3 is 5.97 Å². The summed E-state index contributed by atoms with van der Waals surface area (Å²) in [5.74, 6) is -0.674. The fourth-order valence-corrected chi connectivity index (χ4v) is 3.78. The zero-order valence-corrected chi connectivity index (χ0v) is 22.6. The molecule has 208 valence electrons. The highest BCUT2D eigenvalue weighted by Gasteiger charge is 2.27. The van der Waals surface area contributed by atoms with Crippen molar-refractivity contribution in [1.82, 2.24) is 0 Å². The molecule has 0 aliphatic rings. The molecular weight excluding hydrogens is 496 g/mol. The zero-order chi connectivity index (χ0) is 27.5. The van der Waals surface area contributed by atoms with Gasteiger partial charge in [0, 0.05) is 12.0 Å². The highest BCUT2D eigenvalue weighted by Crippen LogP contribution is 2.19. The molecule has 0 fully saturated rings. The lowest BCUT2D eigenvalue weighted by molar-refractivity contribution is -0.160. The van der Waals surface area contributed by atoms with Gasteiger partial charge < -0.3 is 28.4 Å². The van der Waals surface area contributed by atoms with E-state index in [-0.39, 0.29) is 25.6 Å². The molecule has 0 saturated carbocycles. The van der Waals surface area contributed by atoms with Gasteiger partial charge in [-0.25, -0.2) is 4.79 Å². The van der Waals surface area contributed by atoms with E-state index in [2.05, 4.69) is 0 Å². The molecule has 7 nitrogen and oxygen atoms in total. The first-order valence-electron chi connectivity index (χ1n) is 13.0. The molecule has 0 aromatic heterocycles. The number of hydrogen-bond donors (Lipinski definition) is 0. The molecule has 0 unspecified atom stereocenters. The molecule has 0 bridgehead atoms. The van der Waals surface area contributed by atoms with E-state index in [4.69, 9.17) is 28.4 Å². The Hall–Kier alpha value is -3.33. The Labute approximate surface area is 231 Å². The van der Waals surface area contributed by atoms with E-state index >= 15 is 0 Å². The minimum atomic E-state index is -0.501. The van der Waals surface area contributed by atoms with E-state index in [0.717, 1.165) is 16.7 Å². The molecule has 3 aromatic carbocycles. The summed E-state index contributed by atoms with van der Waals surface area (Å²) in [6, 6.07) is 29.7. The molecule has 3 atom stereocenters. The molecule has 7 heteroatoms. The Morgan fingerprint density at radius 2 is 1.15 bits per heavy atom. The SMILES string of the molecule is COC(=O)/C=C/[C@@H](OCOCc1ccccc1)[C@H](C)[C@@H](COCc1ccccc1)OCOCc1ccccc1. The standard InChI is InChI=1S/C32H38O7/c1-26(30(18-19-32(33)34-2)38-24-36-21-28-14-8-4-9-15-28)31(23-35-20-27-12-6-3-7-13-27)39-25-37-22-29-16-10-5-11-17-29/h3-19,26,30-31H,20-25H2,1-2H3/b19-18+/t26-,30+,31+/m0/s1. The minimum absolute atomic E-state index is 0.0392. The number of rotatable bonds is 18. The van der Waals surface area contributed by atoms with Gasteiger partial charge in [-0.2, -0.15) is 0 Å². The number of carbonyl (C=O) groups is 1. The highest BCUT2D eigenvalue weighted by atomic mass is 16.7. The highest BCUT2D eigenvalue weighted by molar-refractivity contribution is 5.81. The molecular formula is C32H38O7. The van der Waals surface area contributed by atoms with Gasteiger partial charge in [0.25, 0.3) is 0 Å². The Balaban J connectivity index is 1.61. The van der Waals surface area contributed by atoms with Gasteiger partial charge in [-0.05, 0) is 22.8 Å². The van der Waals surface area contributed by atoms with Gasteiger partial charge in [-0.15, -0.1) is 0 Å². The summed E-state index contributed by atoms with van der Waals surface area (Å²) in [6.45, 7) is 3.70. The molecule has 0 N–H and O–H groups in total. The van der Waals surface area contributed by atoms with Crippen LogP contribution in [-0.4, -0.2) is 45.5 Å². The summed E-state index contributed by atoms with van der Waals surface area (Å²) in [5, 5.41) is 0. The van der Waals surface area contributed by atoms with Crippen LogP contribution in [0.15, 0.2) is 103 Å². The third kappa shape index (κ3) is 11.9. The van der Waals surface area contributed by atoms with Crippen LogP contribution >= 0.6 is 0 Å². The Kier molecular flexibility index (Phi) is 14.0. The zero-order valence-electron chi connectivity index (χ0n) is 22.6. The molecule has 39 heavy (non-hydrogen) atoms. The van der Waals surface area contributed by atoms with E-state index < -0.39 is 12.1 Å². The van der Waals surface area contributed by atoms with Crippen molar-refractivity contribution in [2.45, 2.75) is 39.0 Å². The molecule has 0 radical (unpaired) electrons. The molecule has 0 heterocycles. The summed E-state index contributed by atoms with van der Waals surface area (Å²) in [6.07, 6.45) is 2.14. The molecule has 0 aliphatic heterocycles. The second-order valence-corrected chi connectivity index (χ2v) is 8.98. The fourth-order valence-electron chi connectivity index (χ4n) is 3.78. The van der Waals surface area contributed by atoms with Gasteiger partial charge in [-0.3, -0.25) is 0 Å². The van der Waals surface area contributed by atoms with Crippen molar-refractivity contribution in [3.8, 4) is 0 Å². The van der Waals surface area contributed by atoms with Gasteiger partial charge in [0.2, 0.25) is 0 Å². The number of ether oxygens (including phenoxy) is 6. The number of benzene rings is 3. The maximum atomic E-state index is 11.8. The first-order valence-corrected chi connectivity index (χ1v) is 13.0. The van der Waals surface area contributed by atoms with Crippen molar-refractivity contribution in [2.24, 2.45) is 5.92 Å². The van der Waals surface area contributed by atoms with Crippen LogP contribution < -0.4 is 0 Å². The maximum Gasteiger partial charge on any atom is 0.330 e. The van der Waals surface area contributed by atoms with Crippen molar-refractivity contribution in [3.63, 3.8) is 0 Å². The van der Waals surface area contributed by atoms with Crippen molar-refractivity contribution >= 4 is 5.97 Å². The Morgan fingerprint density at radius 1 is 0.692 bits per heavy atom. The molecule has 0 amide bonds. The third-order valence-corrected chi connectivity index (χ3v) is 6.05.